The molecule has 0 spiro atoms. The van der Waals surface area contributed by atoms with Crippen molar-refractivity contribution in [3.8, 4) is 17.2 Å². The van der Waals surface area contributed by atoms with Crippen molar-refractivity contribution in [1.29, 1.82) is 0 Å². The Kier molecular flexibility index (Phi) is 7.95. The summed E-state index contributed by atoms with van der Waals surface area (Å²) in [6.45, 7) is 1.75. The average molecular weight is 470 g/mol. The van der Waals surface area contributed by atoms with Gasteiger partial charge in [-0.15, -0.1) is 0 Å². The smallest absolute Gasteiger partial charge is 0.264 e. The SMILES string of the molecule is COc1cc2nc(N(C)Cc3cccc(C(=O)NCCN(C)C)c3)[nH]c(=O)c2c(OC)c1OC. The lowest BCUT2D eigenvalue weighted by molar-refractivity contribution is 0.0951. The third-order valence-electron chi connectivity index (χ3n) is 5.30. The zero-order valence-corrected chi connectivity index (χ0v) is 20.4. The Morgan fingerprint density at radius 1 is 1.06 bits per heavy atom. The van der Waals surface area contributed by atoms with Crippen LogP contribution in [0.1, 0.15) is 15.9 Å². The second-order valence-electron chi connectivity index (χ2n) is 8.04. The fourth-order valence-electron chi connectivity index (χ4n) is 3.59. The van der Waals surface area contributed by atoms with Gasteiger partial charge in [-0.05, 0) is 31.8 Å². The minimum absolute atomic E-state index is 0.128. The van der Waals surface area contributed by atoms with Gasteiger partial charge in [0.05, 0.1) is 26.8 Å². The normalized spacial score (nSPS) is 10.9. The van der Waals surface area contributed by atoms with Crippen LogP contribution < -0.4 is 30.0 Å². The Bertz CT molecular complexity index is 1220. The Morgan fingerprint density at radius 2 is 1.79 bits per heavy atom. The molecule has 34 heavy (non-hydrogen) atoms. The Morgan fingerprint density at radius 3 is 2.44 bits per heavy atom. The fraction of sp³-hybridized carbons (Fsp3) is 0.375. The molecule has 1 aromatic heterocycles. The second kappa shape index (κ2) is 10.9. The molecule has 10 nitrogen and oxygen atoms in total. The van der Waals surface area contributed by atoms with Gasteiger partial charge < -0.3 is 29.3 Å². The molecule has 2 aromatic carbocycles. The van der Waals surface area contributed by atoms with E-state index in [-0.39, 0.29) is 22.6 Å². The number of ether oxygens (including phenoxy) is 3. The Hall–Kier alpha value is -3.79. The minimum atomic E-state index is -0.362. The summed E-state index contributed by atoms with van der Waals surface area (Å²) in [6.07, 6.45) is 0. The molecule has 0 aliphatic heterocycles. The maximum atomic E-state index is 12.9. The predicted molar refractivity (Wildman–Crippen MR) is 131 cm³/mol. The van der Waals surface area contributed by atoms with E-state index in [1.807, 2.05) is 44.2 Å². The molecule has 0 radical (unpaired) electrons. The maximum Gasteiger partial charge on any atom is 0.264 e. The largest absolute Gasteiger partial charge is 0.493 e. The van der Waals surface area contributed by atoms with Crippen molar-refractivity contribution in [3.05, 3.63) is 51.8 Å². The average Bonchev–Trinajstić information content (AvgIpc) is 2.82. The standard InChI is InChI=1S/C24H31N5O5/c1-28(2)11-10-25-22(30)16-9-7-8-15(12-16)14-29(3)24-26-17-13-18(32-4)20(33-5)21(34-6)19(17)23(31)27-24/h7-9,12-13H,10-11,14H2,1-6H3,(H,25,30)(H,26,27,31). The molecule has 0 saturated carbocycles. The zero-order valence-electron chi connectivity index (χ0n) is 20.4. The molecule has 0 atom stereocenters. The number of aromatic nitrogens is 2. The first-order valence-electron chi connectivity index (χ1n) is 10.7. The molecule has 2 N–H and O–H groups in total. The fourth-order valence-corrected chi connectivity index (χ4v) is 3.59. The van der Waals surface area contributed by atoms with E-state index in [1.54, 1.807) is 17.0 Å². The minimum Gasteiger partial charge on any atom is -0.493 e. The molecule has 3 aromatic rings. The van der Waals surface area contributed by atoms with Gasteiger partial charge in [0.2, 0.25) is 11.7 Å². The van der Waals surface area contributed by atoms with Crippen LogP contribution in [0.25, 0.3) is 10.9 Å². The first kappa shape index (κ1) is 24.8. The van der Waals surface area contributed by atoms with Crippen molar-refractivity contribution in [1.82, 2.24) is 20.2 Å². The number of hydrogen-bond donors (Lipinski definition) is 2. The zero-order chi connectivity index (χ0) is 24.8. The number of carbonyl (C=O) groups is 1. The molecule has 10 heteroatoms. The van der Waals surface area contributed by atoms with Gasteiger partial charge in [0.1, 0.15) is 5.39 Å². The molecule has 182 valence electrons. The van der Waals surface area contributed by atoms with Gasteiger partial charge in [0.25, 0.3) is 11.5 Å². The highest BCUT2D eigenvalue weighted by Crippen LogP contribution is 2.41. The van der Waals surface area contributed by atoms with E-state index >= 15 is 0 Å². The molecular formula is C24H31N5O5. The molecule has 0 fully saturated rings. The Labute approximate surface area is 198 Å². The summed E-state index contributed by atoms with van der Waals surface area (Å²) in [5, 5.41) is 3.18. The summed E-state index contributed by atoms with van der Waals surface area (Å²) >= 11 is 0. The molecule has 3 rings (SSSR count). The van der Waals surface area contributed by atoms with Gasteiger partial charge in [-0.25, -0.2) is 4.98 Å². The molecule has 0 aliphatic rings. The van der Waals surface area contributed by atoms with Gasteiger partial charge in [-0.3, -0.25) is 14.6 Å². The number of benzene rings is 2. The second-order valence-corrected chi connectivity index (χ2v) is 8.04. The molecule has 1 amide bonds. The van der Waals surface area contributed by atoms with E-state index in [2.05, 4.69) is 15.3 Å². The number of hydrogen-bond acceptors (Lipinski definition) is 8. The lowest BCUT2D eigenvalue weighted by atomic mass is 10.1. The van der Waals surface area contributed by atoms with Crippen molar-refractivity contribution in [2.24, 2.45) is 0 Å². The van der Waals surface area contributed by atoms with Crippen LogP contribution in [0.4, 0.5) is 5.95 Å². The summed E-state index contributed by atoms with van der Waals surface area (Å²) in [7, 11) is 10.2. The molecule has 0 saturated heterocycles. The highest BCUT2D eigenvalue weighted by molar-refractivity contribution is 5.94. The number of fused-ring (bicyclic) bond motifs is 1. The quantitative estimate of drug-likeness (QED) is 0.463. The summed E-state index contributed by atoms with van der Waals surface area (Å²) in [5.74, 6) is 1.23. The number of anilines is 1. The van der Waals surface area contributed by atoms with E-state index in [9.17, 15) is 9.59 Å². The number of rotatable bonds is 10. The molecule has 0 aliphatic carbocycles. The number of likely N-dealkylation sites (N-methyl/N-ethyl adjacent to an activating group) is 1. The monoisotopic (exact) mass is 469 g/mol. The summed E-state index contributed by atoms with van der Waals surface area (Å²) in [5.41, 5.74) is 1.52. The lowest BCUT2D eigenvalue weighted by Crippen LogP contribution is -2.31. The Balaban J connectivity index is 1.87. The molecule has 0 bridgehead atoms. The van der Waals surface area contributed by atoms with Gasteiger partial charge >= 0.3 is 0 Å². The summed E-state index contributed by atoms with van der Waals surface area (Å²) < 4.78 is 16.2. The maximum absolute atomic E-state index is 12.9. The van der Waals surface area contributed by atoms with Crippen LogP contribution in [0.2, 0.25) is 0 Å². The topological polar surface area (TPSA) is 109 Å². The third kappa shape index (κ3) is 5.40. The first-order chi connectivity index (χ1) is 16.3. The number of nitrogens with one attached hydrogen (secondary N) is 2. The van der Waals surface area contributed by atoms with Crippen LogP contribution in [-0.4, -0.2) is 76.3 Å². The number of methoxy groups -OCH3 is 3. The van der Waals surface area contributed by atoms with E-state index in [0.717, 1.165) is 12.1 Å². The number of nitrogens with zero attached hydrogens (tertiary/aromatic N) is 3. The van der Waals surface area contributed by atoms with E-state index in [4.69, 9.17) is 14.2 Å². The number of H-pyrrole nitrogens is 1. The van der Waals surface area contributed by atoms with Gasteiger partial charge in [-0.2, -0.15) is 0 Å². The van der Waals surface area contributed by atoms with Crippen LogP contribution in [0, 0.1) is 0 Å². The third-order valence-corrected chi connectivity index (χ3v) is 5.30. The number of carbonyl (C=O) groups excluding carboxylic acids is 1. The number of amides is 1. The highest BCUT2D eigenvalue weighted by atomic mass is 16.5. The van der Waals surface area contributed by atoms with Gasteiger partial charge in [0.15, 0.2) is 11.5 Å². The van der Waals surface area contributed by atoms with Crippen LogP contribution >= 0.6 is 0 Å². The van der Waals surface area contributed by atoms with Crippen LogP contribution in [0.5, 0.6) is 17.2 Å². The van der Waals surface area contributed by atoms with Crippen molar-refractivity contribution in [3.63, 3.8) is 0 Å². The number of aromatic amines is 1. The van der Waals surface area contributed by atoms with Crippen molar-refractivity contribution >= 4 is 22.8 Å². The van der Waals surface area contributed by atoms with Crippen LogP contribution in [-0.2, 0) is 6.54 Å². The molecular weight excluding hydrogens is 438 g/mol. The van der Waals surface area contributed by atoms with Crippen molar-refractivity contribution in [2.75, 3.05) is 60.5 Å². The molecule has 0 unspecified atom stereocenters. The first-order valence-corrected chi connectivity index (χ1v) is 10.7. The van der Waals surface area contributed by atoms with Gasteiger partial charge in [-0.1, -0.05) is 12.1 Å². The van der Waals surface area contributed by atoms with Crippen LogP contribution in [0.3, 0.4) is 0 Å². The van der Waals surface area contributed by atoms with E-state index in [0.29, 0.717) is 41.6 Å². The molecule has 1 heterocycles. The predicted octanol–water partition coefficient (Wildman–Crippen LogP) is 1.88. The van der Waals surface area contributed by atoms with Gasteiger partial charge in [0, 0.05) is 38.3 Å². The highest BCUT2D eigenvalue weighted by Gasteiger charge is 2.21. The van der Waals surface area contributed by atoms with E-state index < -0.39 is 0 Å². The lowest BCUT2D eigenvalue weighted by Gasteiger charge is -2.20. The van der Waals surface area contributed by atoms with Crippen LogP contribution in [0.15, 0.2) is 35.1 Å². The van der Waals surface area contributed by atoms with Crippen molar-refractivity contribution < 1.29 is 19.0 Å². The summed E-state index contributed by atoms with van der Waals surface area (Å²) in [6, 6.07) is 9.00. The van der Waals surface area contributed by atoms with E-state index in [1.165, 1.54) is 21.3 Å². The summed E-state index contributed by atoms with van der Waals surface area (Å²) in [4.78, 5) is 36.6. The van der Waals surface area contributed by atoms with Crippen molar-refractivity contribution in [2.45, 2.75) is 6.54 Å².